The Morgan fingerprint density at radius 1 is 1.09 bits per heavy atom. The molecule has 2 heterocycles. The molecule has 172 valence electrons. The fraction of sp³-hybridized carbons (Fsp3) is 0.250. The Kier molecular flexibility index (Phi) is 5.85. The van der Waals surface area contributed by atoms with E-state index in [0.717, 1.165) is 23.2 Å². The van der Waals surface area contributed by atoms with Crippen LogP contribution in [0.15, 0.2) is 40.7 Å². The maximum atomic E-state index is 13.6. The van der Waals surface area contributed by atoms with Gasteiger partial charge in [-0.25, -0.2) is 13.7 Å². The zero-order chi connectivity index (χ0) is 23.9. The minimum absolute atomic E-state index is 0.143. The molecule has 0 saturated carbocycles. The summed E-state index contributed by atoms with van der Waals surface area (Å²) in [5, 5.41) is 11.4. The predicted octanol–water partition coefficient (Wildman–Crippen LogP) is 2.57. The SMILES string of the molecule is COc1cc(OC)c(NC(=O)CN2N=NC3C(=O)N(c4ccc(F)c(F)c4)C(=O)C32)cc1Cl. The van der Waals surface area contributed by atoms with E-state index in [1.54, 1.807) is 0 Å². The van der Waals surface area contributed by atoms with E-state index in [-0.39, 0.29) is 22.1 Å². The molecule has 3 amide bonds. The van der Waals surface area contributed by atoms with Crippen LogP contribution in [0.2, 0.25) is 5.02 Å². The normalized spacial score (nSPS) is 19.2. The van der Waals surface area contributed by atoms with Crippen LogP contribution in [-0.4, -0.2) is 55.6 Å². The number of hydrogen-bond acceptors (Lipinski definition) is 8. The van der Waals surface area contributed by atoms with Crippen molar-refractivity contribution in [2.75, 3.05) is 31.0 Å². The second-order valence-electron chi connectivity index (χ2n) is 7.04. The van der Waals surface area contributed by atoms with Crippen molar-refractivity contribution in [1.29, 1.82) is 0 Å². The van der Waals surface area contributed by atoms with Crippen LogP contribution in [0.4, 0.5) is 20.2 Å². The van der Waals surface area contributed by atoms with E-state index in [1.165, 1.54) is 26.4 Å². The highest BCUT2D eigenvalue weighted by Gasteiger charge is 2.55. The number of methoxy groups -OCH3 is 2. The van der Waals surface area contributed by atoms with Crippen LogP contribution in [-0.2, 0) is 14.4 Å². The molecule has 4 rings (SSSR count). The second-order valence-corrected chi connectivity index (χ2v) is 7.44. The lowest BCUT2D eigenvalue weighted by Crippen LogP contribution is -2.43. The lowest BCUT2D eigenvalue weighted by atomic mass is 10.1. The number of nitrogens with zero attached hydrogens (tertiary/aromatic N) is 4. The van der Waals surface area contributed by atoms with Crippen molar-refractivity contribution in [3.05, 3.63) is 47.0 Å². The Labute approximate surface area is 190 Å². The Bertz CT molecular complexity index is 1190. The molecule has 0 aliphatic carbocycles. The molecule has 10 nitrogen and oxygen atoms in total. The summed E-state index contributed by atoms with van der Waals surface area (Å²) >= 11 is 6.10. The molecule has 0 radical (unpaired) electrons. The van der Waals surface area contributed by atoms with Crippen molar-refractivity contribution < 1.29 is 32.6 Å². The molecular formula is C20H16ClF2N5O5. The number of nitrogens with one attached hydrogen (secondary N) is 1. The Morgan fingerprint density at radius 3 is 2.48 bits per heavy atom. The number of amides is 3. The van der Waals surface area contributed by atoms with Crippen LogP contribution in [0.25, 0.3) is 0 Å². The number of rotatable bonds is 6. The van der Waals surface area contributed by atoms with Gasteiger partial charge < -0.3 is 14.8 Å². The number of carbonyl (C=O) groups excluding carboxylic acids is 3. The molecule has 2 aromatic rings. The van der Waals surface area contributed by atoms with Gasteiger partial charge in [-0.15, -0.1) is 0 Å². The number of ether oxygens (including phenoxy) is 2. The number of fused-ring (bicyclic) bond motifs is 1. The van der Waals surface area contributed by atoms with Crippen molar-refractivity contribution in [1.82, 2.24) is 5.01 Å². The summed E-state index contributed by atoms with van der Waals surface area (Å²) in [6, 6.07) is 3.16. The van der Waals surface area contributed by atoms with Crippen LogP contribution in [0.1, 0.15) is 0 Å². The molecule has 0 spiro atoms. The lowest BCUT2D eigenvalue weighted by Gasteiger charge is -2.20. The molecule has 13 heteroatoms. The first-order valence-corrected chi connectivity index (χ1v) is 9.84. The fourth-order valence-electron chi connectivity index (χ4n) is 3.53. The zero-order valence-electron chi connectivity index (χ0n) is 17.2. The maximum Gasteiger partial charge on any atom is 0.263 e. The molecule has 1 N–H and O–H groups in total. The van der Waals surface area contributed by atoms with Crippen molar-refractivity contribution >= 4 is 40.7 Å². The molecule has 2 aliphatic heterocycles. The maximum absolute atomic E-state index is 13.6. The van der Waals surface area contributed by atoms with Crippen LogP contribution in [0, 0.1) is 11.6 Å². The number of anilines is 2. The van der Waals surface area contributed by atoms with Crippen LogP contribution < -0.4 is 19.7 Å². The first-order valence-electron chi connectivity index (χ1n) is 9.46. The van der Waals surface area contributed by atoms with Gasteiger partial charge in [0.2, 0.25) is 5.91 Å². The third kappa shape index (κ3) is 3.93. The Hall–Kier alpha value is -3.80. The third-order valence-electron chi connectivity index (χ3n) is 5.07. The molecule has 2 unspecified atom stereocenters. The van der Waals surface area contributed by atoms with Gasteiger partial charge in [0.25, 0.3) is 11.8 Å². The Morgan fingerprint density at radius 2 is 1.82 bits per heavy atom. The summed E-state index contributed by atoms with van der Waals surface area (Å²) < 4.78 is 37.2. The van der Waals surface area contributed by atoms with E-state index in [1.807, 2.05) is 0 Å². The minimum Gasteiger partial charge on any atom is -0.495 e. The summed E-state index contributed by atoms with van der Waals surface area (Å²) in [7, 11) is 2.82. The summed E-state index contributed by atoms with van der Waals surface area (Å²) in [6.45, 7) is -0.428. The van der Waals surface area contributed by atoms with Gasteiger partial charge in [-0.2, -0.15) is 5.11 Å². The Balaban J connectivity index is 1.51. The van der Waals surface area contributed by atoms with E-state index in [4.69, 9.17) is 21.1 Å². The van der Waals surface area contributed by atoms with Gasteiger partial charge in [-0.05, 0) is 18.2 Å². The van der Waals surface area contributed by atoms with Gasteiger partial charge in [0.05, 0.1) is 30.6 Å². The standard InChI is InChI=1S/C20H16ClF2N5O5/c1-32-14-7-15(33-2)13(6-10(14)21)24-16(29)8-27-18-17(25-26-27)19(30)28(20(18)31)9-3-4-11(22)12(23)5-9/h3-7,17-18H,8H2,1-2H3,(H,24,29). The van der Waals surface area contributed by atoms with Gasteiger partial charge in [-0.3, -0.25) is 19.4 Å². The molecule has 1 saturated heterocycles. The highest BCUT2D eigenvalue weighted by atomic mass is 35.5. The molecule has 2 aromatic carbocycles. The zero-order valence-corrected chi connectivity index (χ0v) is 18.0. The predicted molar refractivity (Wildman–Crippen MR) is 111 cm³/mol. The molecule has 2 atom stereocenters. The number of benzene rings is 2. The molecule has 0 bridgehead atoms. The lowest BCUT2D eigenvalue weighted by molar-refractivity contribution is -0.123. The van der Waals surface area contributed by atoms with Crippen molar-refractivity contribution in [2.45, 2.75) is 12.1 Å². The second kappa shape index (κ2) is 8.62. The first kappa shape index (κ1) is 22.4. The van der Waals surface area contributed by atoms with Crippen LogP contribution in [0.5, 0.6) is 11.5 Å². The van der Waals surface area contributed by atoms with E-state index >= 15 is 0 Å². The van der Waals surface area contributed by atoms with Gasteiger partial charge >= 0.3 is 0 Å². The van der Waals surface area contributed by atoms with Crippen molar-refractivity contribution in [2.24, 2.45) is 10.3 Å². The minimum atomic E-state index is -1.21. The van der Waals surface area contributed by atoms with E-state index in [0.29, 0.717) is 10.6 Å². The topological polar surface area (TPSA) is 113 Å². The first-order chi connectivity index (χ1) is 15.7. The van der Waals surface area contributed by atoms with Crippen molar-refractivity contribution in [3.63, 3.8) is 0 Å². The average molecular weight is 480 g/mol. The van der Waals surface area contributed by atoms with Crippen molar-refractivity contribution in [3.8, 4) is 11.5 Å². The molecule has 1 fully saturated rings. The molecule has 0 aromatic heterocycles. The molecule has 2 aliphatic rings. The van der Waals surface area contributed by atoms with Gasteiger partial charge in [0, 0.05) is 12.1 Å². The summed E-state index contributed by atoms with van der Waals surface area (Å²) in [5.74, 6) is -3.83. The monoisotopic (exact) mass is 479 g/mol. The molecular weight excluding hydrogens is 464 g/mol. The largest absolute Gasteiger partial charge is 0.495 e. The van der Waals surface area contributed by atoms with E-state index in [2.05, 4.69) is 15.7 Å². The number of carbonyl (C=O) groups is 3. The number of halogens is 3. The van der Waals surface area contributed by atoms with Gasteiger partial charge in [0.1, 0.15) is 18.0 Å². The average Bonchev–Trinajstić information content (AvgIpc) is 3.30. The third-order valence-corrected chi connectivity index (χ3v) is 5.37. The summed E-state index contributed by atoms with van der Waals surface area (Å²) in [5.41, 5.74) is 0.105. The van der Waals surface area contributed by atoms with E-state index in [9.17, 15) is 23.2 Å². The van der Waals surface area contributed by atoms with Gasteiger partial charge in [-0.1, -0.05) is 16.8 Å². The van der Waals surface area contributed by atoms with Gasteiger partial charge in [0.15, 0.2) is 23.7 Å². The van der Waals surface area contributed by atoms with Crippen LogP contribution >= 0.6 is 11.6 Å². The smallest absolute Gasteiger partial charge is 0.263 e. The van der Waals surface area contributed by atoms with Crippen LogP contribution in [0.3, 0.4) is 0 Å². The quantitative estimate of drug-likeness (QED) is 0.637. The highest BCUT2D eigenvalue weighted by molar-refractivity contribution is 6.32. The summed E-state index contributed by atoms with van der Waals surface area (Å²) in [4.78, 5) is 38.9. The molecule has 33 heavy (non-hydrogen) atoms. The summed E-state index contributed by atoms with van der Waals surface area (Å²) in [6.07, 6.45) is 0. The fourth-order valence-corrected chi connectivity index (χ4v) is 3.77. The number of imide groups is 1. The van der Waals surface area contributed by atoms with E-state index < -0.39 is 48.0 Å². The number of hydrogen-bond donors (Lipinski definition) is 1. The highest BCUT2D eigenvalue weighted by Crippen LogP contribution is 2.36.